The summed E-state index contributed by atoms with van der Waals surface area (Å²) in [4.78, 5) is 0. The van der Waals surface area contributed by atoms with E-state index in [0.29, 0.717) is 17.4 Å². The van der Waals surface area contributed by atoms with Crippen LogP contribution in [0.15, 0.2) is 18.6 Å². The maximum absolute atomic E-state index is 5.75. The van der Waals surface area contributed by atoms with Crippen molar-refractivity contribution in [1.29, 1.82) is 0 Å². The van der Waals surface area contributed by atoms with Crippen LogP contribution in [-0.4, -0.2) is 36.5 Å². The van der Waals surface area contributed by atoms with Crippen LogP contribution >= 0.6 is 11.6 Å². The Kier molecular flexibility index (Phi) is 3.25. The van der Waals surface area contributed by atoms with Crippen LogP contribution in [0.1, 0.15) is 6.92 Å². The number of hydrogen-bond acceptors (Lipinski definition) is 6. The lowest BCUT2D eigenvalue weighted by atomic mass is 10.4. The molecule has 8 heteroatoms. The van der Waals surface area contributed by atoms with Crippen molar-refractivity contribution in [1.82, 2.24) is 30.4 Å². The molecule has 2 aromatic rings. The largest absolute Gasteiger partial charge is 0.472 e. The second-order valence-corrected chi connectivity index (χ2v) is 3.61. The van der Waals surface area contributed by atoms with Crippen molar-refractivity contribution in [3.05, 3.63) is 23.6 Å². The quantitative estimate of drug-likeness (QED) is 0.778. The van der Waals surface area contributed by atoms with Gasteiger partial charge in [-0.1, -0.05) is 11.6 Å². The van der Waals surface area contributed by atoms with Gasteiger partial charge in [-0.3, -0.25) is 0 Å². The molecular weight excluding hydrogens is 232 g/mol. The van der Waals surface area contributed by atoms with Gasteiger partial charge < -0.3 is 4.74 Å². The number of tetrazole rings is 1. The molecule has 7 nitrogen and oxygen atoms in total. The molecule has 0 N–H and O–H groups in total. The summed E-state index contributed by atoms with van der Waals surface area (Å²) in [6.45, 7) is 2.41. The second kappa shape index (κ2) is 4.84. The summed E-state index contributed by atoms with van der Waals surface area (Å²) in [7, 11) is 0. The fourth-order valence-corrected chi connectivity index (χ4v) is 1.29. The van der Waals surface area contributed by atoms with E-state index in [1.807, 2.05) is 6.92 Å². The SMILES string of the molecule is CC(Cn1cnnn1)Oc1cc(Cl)cnn1. The van der Waals surface area contributed by atoms with Crippen molar-refractivity contribution in [2.75, 3.05) is 0 Å². The monoisotopic (exact) mass is 240 g/mol. The number of halogens is 1. The number of ether oxygens (including phenoxy) is 1. The van der Waals surface area contributed by atoms with E-state index in [1.54, 1.807) is 10.7 Å². The lowest BCUT2D eigenvalue weighted by Gasteiger charge is -2.12. The Hall–Kier alpha value is -1.76. The van der Waals surface area contributed by atoms with Gasteiger partial charge in [-0.25, -0.2) is 4.68 Å². The Bertz CT molecular complexity index is 448. The van der Waals surface area contributed by atoms with Crippen molar-refractivity contribution in [2.45, 2.75) is 19.6 Å². The fourth-order valence-electron chi connectivity index (χ4n) is 1.15. The molecule has 0 aliphatic heterocycles. The number of rotatable bonds is 4. The molecule has 0 aliphatic carbocycles. The molecule has 0 radical (unpaired) electrons. The zero-order chi connectivity index (χ0) is 11.4. The molecule has 2 aromatic heterocycles. The highest BCUT2D eigenvalue weighted by molar-refractivity contribution is 6.30. The van der Waals surface area contributed by atoms with Gasteiger partial charge in [-0.05, 0) is 17.4 Å². The third-order valence-electron chi connectivity index (χ3n) is 1.76. The van der Waals surface area contributed by atoms with Crippen LogP contribution in [0.4, 0.5) is 0 Å². The van der Waals surface area contributed by atoms with Gasteiger partial charge in [0.25, 0.3) is 0 Å². The third kappa shape index (κ3) is 2.86. The molecule has 84 valence electrons. The zero-order valence-electron chi connectivity index (χ0n) is 8.49. The number of hydrogen-bond donors (Lipinski definition) is 0. The normalized spacial score (nSPS) is 12.4. The van der Waals surface area contributed by atoms with Crippen molar-refractivity contribution < 1.29 is 4.74 Å². The molecule has 2 rings (SSSR count). The van der Waals surface area contributed by atoms with E-state index in [4.69, 9.17) is 16.3 Å². The van der Waals surface area contributed by atoms with E-state index in [0.717, 1.165) is 0 Å². The summed E-state index contributed by atoms with van der Waals surface area (Å²) in [5.74, 6) is 0.382. The van der Waals surface area contributed by atoms with Gasteiger partial charge in [-0.15, -0.1) is 10.2 Å². The minimum Gasteiger partial charge on any atom is -0.472 e. The Balaban J connectivity index is 1.94. The van der Waals surface area contributed by atoms with E-state index < -0.39 is 0 Å². The minimum absolute atomic E-state index is 0.128. The zero-order valence-corrected chi connectivity index (χ0v) is 9.24. The third-order valence-corrected chi connectivity index (χ3v) is 1.96. The predicted octanol–water partition coefficient (Wildman–Crippen LogP) is 0.584. The standard InChI is InChI=1S/C8H9ClN6O/c1-6(4-15-5-11-13-14-15)16-8-2-7(9)3-10-12-8/h2-3,5-6H,4H2,1H3. The molecule has 0 spiro atoms. The lowest BCUT2D eigenvalue weighted by molar-refractivity contribution is 0.183. The van der Waals surface area contributed by atoms with Gasteiger partial charge in [0.1, 0.15) is 12.4 Å². The van der Waals surface area contributed by atoms with E-state index in [-0.39, 0.29) is 6.10 Å². The summed E-state index contributed by atoms with van der Waals surface area (Å²) < 4.78 is 7.07. The smallest absolute Gasteiger partial charge is 0.235 e. The van der Waals surface area contributed by atoms with Gasteiger partial charge in [0.05, 0.1) is 17.8 Å². The summed E-state index contributed by atoms with van der Waals surface area (Å²) in [6, 6.07) is 1.60. The molecule has 1 unspecified atom stereocenters. The molecule has 0 bridgehead atoms. The average Bonchev–Trinajstić information content (AvgIpc) is 2.70. The maximum atomic E-state index is 5.75. The molecule has 1 atom stereocenters. The highest BCUT2D eigenvalue weighted by atomic mass is 35.5. The van der Waals surface area contributed by atoms with Gasteiger partial charge in [0.2, 0.25) is 5.88 Å². The summed E-state index contributed by atoms with van der Waals surface area (Å²) in [5, 5.41) is 18.7. The second-order valence-electron chi connectivity index (χ2n) is 3.17. The molecule has 16 heavy (non-hydrogen) atoms. The van der Waals surface area contributed by atoms with Crippen LogP contribution in [0.2, 0.25) is 5.02 Å². The molecule has 0 amide bonds. The predicted molar refractivity (Wildman–Crippen MR) is 54.9 cm³/mol. The first kappa shape index (κ1) is 10.7. The van der Waals surface area contributed by atoms with Gasteiger partial charge >= 0.3 is 0 Å². The molecule has 0 aromatic carbocycles. The molecule has 0 fully saturated rings. The van der Waals surface area contributed by atoms with E-state index >= 15 is 0 Å². The van der Waals surface area contributed by atoms with E-state index in [9.17, 15) is 0 Å². The molecule has 2 heterocycles. The topological polar surface area (TPSA) is 78.6 Å². The van der Waals surface area contributed by atoms with Gasteiger partial charge in [0.15, 0.2) is 0 Å². The van der Waals surface area contributed by atoms with Crippen molar-refractivity contribution in [2.24, 2.45) is 0 Å². The van der Waals surface area contributed by atoms with Crippen LogP contribution in [0.3, 0.4) is 0 Å². The van der Waals surface area contributed by atoms with Crippen molar-refractivity contribution >= 4 is 11.6 Å². The van der Waals surface area contributed by atoms with Crippen molar-refractivity contribution in [3.8, 4) is 5.88 Å². The van der Waals surface area contributed by atoms with Crippen molar-refractivity contribution in [3.63, 3.8) is 0 Å². The van der Waals surface area contributed by atoms with Crippen LogP contribution in [0, 0.1) is 0 Å². The molecule has 0 aliphatic rings. The summed E-state index contributed by atoms with van der Waals surface area (Å²) in [5.41, 5.74) is 0. The first-order valence-electron chi connectivity index (χ1n) is 4.59. The maximum Gasteiger partial charge on any atom is 0.235 e. The first-order chi connectivity index (χ1) is 7.74. The van der Waals surface area contributed by atoms with Gasteiger partial charge in [-0.2, -0.15) is 5.10 Å². The molecular formula is C8H9ClN6O. The lowest BCUT2D eigenvalue weighted by Crippen LogP contribution is -2.20. The van der Waals surface area contributed by atoms with Crippen LogP contribution in [-0.2, 0) is 6.54 Å². The highest BCUT2D eigenvalue weighted by Crippen LogP contribution is 2.13. The minimum atomic E-state index is -0.128. The van der Waals surface area contributed by atoms with Gasteiger partial charge in [0, 0.05) is 6.07 Å². The summed E-state index contributed by atoms with van der Waals surface area (Å²) >= 11 is 5.75. The first-order valence-corrected chi connectivity index (χ1v) is 4.97. The average molecular weight is 241 g/mol. The molecule has 0 saturated carbocycles. The highest BCUT2D eigenvalue weighted by Gasteiger charge is 2.07. The van der Waals surface area contributed by atoms with E-state index in [1.165, 1.54) is 12.5 Å². The van der Waals surface area contributed by atoms with Crippen LogP contribution in [0.25, 0.3) is 0 Å². The summed E-state index contributed by atoms with van der Waals surface area (Å²) in [6.07, 6.45) is 2.83. The van der Waals surface area contributed by atoms with Crippen LogP contribution < -0.4 is 4.74 Å². The number of nitrogens with zero attached hydrogens (tertiary/aromatic N) is 6. The Morgan fingerprint density at radius 3 is 3.06 bits per heavy atom. The molecule has 0 saturated heterocycles. The fraction of sp³-hybridized carbons (Fsp3) is 0.375. The van der Waals surface area contributed by atoms with E-state index in [2.05, 4.69) is 25.7 Å². The Labute approximate surface area is 96.4 Å². The Morgan fingerprint density at radius 2 is 2.38 bits per heavy atom. The van der Waals surface area contributed by atoms with Crippen LogP contribution in [0.5, 0.6) is 5.88 Å². The number of aromatic nitrogens is 6. The Morgan fingerprint density at radius 1 is 1.50 bits per heavy atom.